The second-order valence-corrected chi connectivity index (χ2v) is 17.9. The van der Waals surface area contributed by atoms with Crippen LogP contribution in [0.4, 0.5) is 0 Å². The first-order valence-corrected chi connectivity index (χ1v) is 26.6. The summed E-state index contributed by atoms with van der Waals surface area (Å²) in [5.41, 5.74) is 0. The van der Waals surface area contributed by atoms with Crippen molar-refractivity contribution in [2.75, 3.05) is 13.2 Å². The summed E-state index contributed by atoms with van der Waals surface area (Å²) >= 11 is 0. The number of aliphatic hydroxyl groups excluding tert-OH is 5. The van der Waals surface area contributed by atoms with Gasteiger partial charge >= 0.3 is 0 Å². The predicted molar refractivity (Wildman–Crippen MR) is 281 cm³/mol. The Kier molecular flexibility index (Phi) is 43.0. The van der Waals surface area contributed by atoms with Gasteiger partial charge in [-0.3, -0.25) is 4.79 Å². The fourth-order valence-corrected chi connectivity index (χ4v) is 7.62. The SMILES string of the molecule is CC/C=C\C/C=C\C/C=C\C/C=C\C/C=C\C/C=C\C/C=C\CCCCCCCCCC(=O)NC(COC1OC(CO)C(O)C(O)C1O)C(O)/C=C/CC/C=C/CCCCCCCCCCC. The van der Waals surface area contributed by atoms with E-state index in [0.29, 0.717) is 6.42 Å². The molecule has 1 heterocycles. The smallest absolute Gasteiger partial charge is 0.220 e. The second kappa shape index (κ2) is 46.6. The van der Waals surface area contributed by atoms with E-state index in [4.69, 9.17) is 9.47 Å². The van der Waals surface area contributed by atoms with Gasteiger partial charge in [0.05, 0.1) is 25.4 Å². The van der Waals surface area contributed by atoms with Gasteiger partial charge in [0.1, 0.15) is 24.4 Å². The van der Waals surface area contributed by atoms with Gasteiger partial charge in [0.15, 0.2) is 6.29 Å². The van der Waals surface area contributed by atoms with Gasteiger partial charge in [0.2, 0.25) is 5.91 Å². The van der Waals surface area contributed by atoms with Crippen LogP contribution in [0.2, 0.25) is 0 Å². The highest BCUT2D eigenvalue weighted by Crippen LogP contribution is 2.22. The van der Waals surface area contributed by atoms with Crippen molar-refractivity contribution in [1.82, 2.24) is 5.32 Å². The molecule has 0 aromatic carbocycles. The fraction of sp³-hybridized carbons (Fsp3) is 0.672. The standard InChI is InChI=1S/C58H97NO8/c1-3-5-7-9-11-13-15-17-19-20-21-22-23-24-25-26-27-28-29-30-31-32-34-36-38-40-42-44-46-48-54(62)59-51(50-66-58-57(65)56(64)55(63)53(49-60)67-58)52(61)47-45-43-41-39-37-35-33-18-16-14-12-10-8-6-4-2/h5,7,11,13,17,19,21-22,24-25,27-28,30-31,37,39,45,47,51-53,55-58,60-61,63-65H,3-4,6,8-10,12,14-16,18,20,23,26,29,32-36,38,40-44,46,48-50H2,1-2H3,(H,59,62)/b7-5-,13-11-,19-17-,22-21-,25-24-,28-27-,31-30-,39-37+,47-45+. The Labute approximate surface area is 408 Å². The van der Waals surface area contributed by atoms with E-state index >= 15 is 0 Å². The number of carbonyl (C=O) groups is 1. The molecule has 1 aliphatic heterocycles. The molecule has 1 saturated heterocycles. The molecule has 0 radical (unpaired) electrons. The molecule has 7 atom stereocenters. The number of hydrogen-bond acceptors (Lipinski definition) is 8. The van der Waals surface area contributed by atoms with Gasteiger partial charge in [-0.15, -0.1) is 0 Å². The molecule has 1 aliphatic rings. The molecule has 0 spiro atoms. The van der Waals surface area contributed by atoms with Gasteiger partial charge in [-0.25, -0.2) is 0 Å². The van der Waals surface area contributed by atoms with Crippen molar-refractivity contribution in [3.63, 3.8) is 0 Å². The first kappa shape index (κ1) is 61.9. The summed E-state index contributed by atoms with van der Waals surface area (Å²) in [6, 6.07) is -0.835. The Morgan fingerprint density at radius 2 is 0.940 bits per heavy atom. The minimum absolute atomic E-state index is 0.204. The number of amides is 1. The van der Waals surface area contributed by atoms with Crippen LogP contribution < -0.4 is 5.32 Å². The maximum atomic E-state index is 13.0. The van der Waals surface area contributed by atoms with Crippen LogP contribution in [-0.4, -0.2) is 87.5 Å². The number of unbranched alkanes of at least 4 members (excludes halogenated alkanes) is 17. The zero-order valence-corrected chi connectivity index (χ0v) is 42.1. The maximum absolute atomic E-state index is 13.0. The van der Waals surface area contributed by atoms with Crippen LogP contribution in [0.15, 0.2) is 109 Å². The van der Waals surface area contributed by atoms with Crippen molar-refractivity contribution in [2.45, 2.75) is 236 Å². The summed E-state index contributed by atoms with van der Waals surface area (Å²) in [6.45, 7) is 3.62. The molecule has 0 aromatic rings. The van der Waals surface area contributed by atoms with E-state index < -0.39 is 49.5 Å². The molecular formula is C58H97NO8. The third-order valence-corrected chi connectivity index (χ3v) is 11.8. The minimum Gasteiger partial charge on any atom is -0.394 e. The molecule has 0 bridgehead atoms. The van der Waals surface area contributed by atoms with Gasteiger partial charge in [-0.2, -0.15) is 0 Å². The molecule has 1 fully saturated rings. The topological polar surface area (TPSA) is 149 Å². The molecule has 67 heavy (non-hydrogen) atoms. The van der Waals surface area contributed by atoms with Crippen LogP contribution in [0.1, 0.15) is 194 Å². The van der Waals surface area contributed by atoms with E-state index in [-0.39, 0.29) is 12.5 Å². The number of allylic oxidation sites excluding steroid dienone is 17. The maximum Gasteiger partial charge on any atom is 0.220 e. The summed E-state index contributed by atoms with van der Waals surface area (Å²) in [5.74, 6) is -0.204. The van der Waals surface area contributed by atoms with Gasteiger partial charge < -0.3 is 40.3 Å². The molecule has 9 heteroatoms. The molecular weight excluding hydrogens is 839 g/mol. The van der Waals surface area contributed by atoms with Crippen molar-refractivity contribution in [1.29, 1.82) is 0 Å². The van der Waals surface area contributed by atoms with Crippen LogP contribution in [0.5, 0.6) is 0 Å². The molecule has 6 N–H and O–H groups in total. The van der Waals surface area contributed by atoms with Crippen molar-refractivity contribution in [3.8, 4) is 0 Å². The van der Waals surface area contributed by atoms with E-state index in [1.54, 1.807) is 6.08 Å². The van der Waals surface area contributed by atoms with E-state index in [1.807, 2.05) is 6.08 Å². The average molecular weight is 936 g/mol. The third kappa shape index (κ3) is 36.5. The lowest BCUT2D eigenvalue weighted by molar-refractivity contribution is -0.302. The summed E-state index contributed by atoms with van der Waals surface area (Å²) in [7, 11) is 0. The van der Waals surface area contributed by atoms with Crippen LogP contribution in [0.25, 0.3) is 0 Å². The zero-order chi connectivity index (χ0) is 48.7. The molecule has 1 rings (SSSR count). The fourth-order valence-electron chi connectivity index (χ4n) is 7.62. The van der Waals surface area contributed by atoms with Crippen molar-refractivity contribution < 1.29 is 39.8 Å². The Bertz CT molecular complexity index is 1410. The molecule has 0 saturated carbocycles. The Hall–Kier alpha value is -3.15. The van der Waals surface area contributed by atoms with Crippen molar-refractivity contribution >= 4 is 5.91 Å². The Morgan fingerprint density at radius 1 is 0.522 bits per heavy atom. The van der Waals surface area contributed by atoms with E-state index in [0.717, 1.165) is 96.3 Å². The van der Waals surface area contributed by atoms with E-state index in [2.05, 4.69) is 116 Å². The number of rotatable bonds is 43. The van der Waals surface area contributed by atoms with Crippen LogP contribution in [0.3, 0.4) is 0 Å². The summed E-state index contributed by atoms with van der Waals surface area (Å²) in [4.78, 5) is 13.0. The number of ether oxygens (including phenoxy) is 2. The van der Waals surface area contributed by atoms with Gasteiger partial charge in [0, 0.05) is 6.42 Å². The zero-order valence-electron chi connectivity index (χ0n) is 42.1. The van der Waals surface area contributed by atoms with E-state index in [9.17, 15) is 30.3 Å². The summed E-state index contributed by atoms with van der Waals surface area (Å²) < 4.78 is 11.2. The molecule has 7 unspecified atom stereocenters. The molecule has 382 valence electrons. The first-order chi connectivity index (χ1) is 32.8. The van der Waals surface area contributed by atoms with Gasteiger partial charge in [-0.05, 0) is 89.9 Å². The van der Waals surface area contributed by atoms with Gasteiger partial charge in [-0.1, -0.05) is 207 Å². The normalized spacial score (nSPS) is 20.6. The molecule has 1 amide bonds. The lowest BCUT2D eigenvalue weighted by atomic mass is 9.99. The van der Waals surface area contributed by atoms with Crippen LogP contribution in [0, 0.1) is 0 Å². The highest BCUT2D eigenvalue weighted by molar-refractivity contribution is 5.76. The Balaban J connectivity index is 2.28. The van der Waals surface area contributed by atoms with Crippen molar-refractivity contribution in [3.05, 3.63) is 109 Å². The molecule has 0 aliphatic carbocycles. The molecule has 0 aromatic heterocycles. The summed E-state index contributed by atoms with van der Waals surface area (Å²) in [6.07, 6.45) is 61.4. The first-order valence-electron chi connectivity index (χ1n) is 26.6. The average Bonchev–Trinajstić information content (AvgIpc) is 3.33. The largest absolute Gasteiger partial charge is 0.394 e. The lowest BCUT2D eigenvalue weighted by Crippen LogP contribution is -2.60. The monoisotopic (exact) mass is 936 g/mol. The van der Waals surface area contributed by atoms with Crippen LogP contribution >= 0.6 is 0 Å². The van der Waals surface area contributed by atoms with Gasteiger partial charge in [0.25, 0.3) is 0 Å². The van der Waals surface area contributed by atoms with Crippen molar-refractivity contribution in [2.24, 2.45) is 0 Å². The summed E-state index contributed by atoms with van der Waals surface area (Å²) in [5, 5.41) is 54.3. The highest BCUT2D eigenvalue weighted by atomic mass is 16.7. The predicted octanol–water partition coefficient (Wildman–Crippen LogP) is 12.6. The lowest BCUT2D eigenvalue weighted by Gasteiger charge is -2.40. The van der Waals surface area contributed by atoms with Crippen LogP contribution in [-0.2, 0) is 14.3 Å². The quantitative estimate of drug-likeness (QED) is 0.0261. The minimum atomic E-state index is -1.58. The highest BCUT2D eigenvalue weighted by Gasteiger charge is 2.44. The Morgan fingerprint density at radius 3 is 1.43 bits per heavy atom. The number of hydrogen-bond donors (Lipinski definition) is 6. The molecule has 9 nitrogen and oxygen atoms in total. The number of carbonyl (C=O) groups excluding carboxylic acids is 1. The third-order valence-electron chi connectivity index (χ3n) is 11.8. The van der Waals surface area contributed by atoms with E-state index in [1.165, 1.54) is 77.0 Å². The second-order valence-electron chi connectivity index (χ2n) is 17.9. The number of aliphatic hydroxyl groups is 5. The number of nitrogens with one attached hydrogen (secondary N) is 1.